The number of aromatic nitrogens is 1. The van der Waals surface area contributed by atoms with E-state index >= 15 is 0 Å². The number of aryl methyl sites for hydroxylation is 1. The normalized spacial score (nSPS) is 11.2. The number of hydrogen-bond acceptors (Lipinski definition) is 1. The summed E-state index contributed by atoms with van der Waals surface area (Å²) in [6.45, 7) is 5.28. The van der Waals surface area contributed by atoms with Crippen molar-refractivity contribution in [2.75, 3.05) is 0 Å². The molecule has 0 bridgehead atoms. The van der Waals surface area contributed by atoms with Gasteiger partial charge in [0.15, 0.2) is 5.78 Å². The second-order valence-corrected chi connectivity index (χ2v) is 7.48. The molecule has 1 aromatic heterocycles. The second kappa shape index (κ2) is 8.01. The number of unbranched alkanes of at least 4 members (excludes halogenated alkanes) is 2. The summed E-state index contributed by atoms with van der Waals surface area (Å²) in [5, 5.41) is 1.08. The van der Waals surface area contributed by atoms with Gasteiger partial charge in [-0.3, -0.25) is 4.79 Å². The summed E-state index contributed by atoms with van der Waals surface area (Å²) in [5.74, 6) is 0.199. The van der Waals surface area contributed by atoms with Gasteiger partial charge in [0.1, 0.15) is 0 Å². The number of para-hydroxylation sites is 1. The zero-order chi connectivity index (χ0) is 17.8. The molecule has 2 nitrogen and oxygen atoms in total. The van der Waals surface area contributed by atoms with Crippen molar-refractivity contribution in [3.63, 3.8) is 0 Å². The summed E-state index contributed by atoms with van der Waals surface area (Å²) < 4.78 is 3.35. The van der Waals surface area contributed by atoms with Crippen LogP contribution in [-0.4, -0.2) is 10.4 Å². The van der Waals surface area contributed by atoms with Gasteiger partial charge in [0, 0.05) is 39.6 Å². The standard InChI is InChI=1S/C22H24BrNO/c1-3-4-7-14-24-16(2)22(19-8-5-6-9-20(19)24)21(25)15-17-10-12-18(23)13-11-17/h5-6,8-13H,3-4,7,14-15H2,1-2H3. The van der Waals surface area contributed by atoms with Gasteiger partial charge in [-0.25, -0.2) is 0 Å². The van der Waals surface area contributed by atoms with Crippen LogP contribution in [0.5, 0.6) is 0 Å². The number of rotatable bonds is 7. The van der Waals surface area contributed by atoms with Crippen LogP contribution in [0, 0.1) is 6.92 Å². The lowest BCUT2D eigenvalue weighted by molar-refractivity contribution is 0.0993. The average molecular weight is 398 g/mol. The SMILES string of the molecule is CCCCCn1c(C)c(C(=O)Cc2ccc(Br)cc2)c2ccccc21. The summed E-state index contributed by atoms with van der Waals surface area (Å²) in [6.07, 6.45) is 4.01. The molecule has 0 amide bonds. The summed E-state index contributed by atoms with van der Waals surface area (Å²) in [7, 11) is 0. The molecule has 0 unspecified atom stereocenters. The summed E-state index contributed by atoms with van der Waals surface area (Å²) in [4.78, 5) is 13.1. The van der Waals surface area contributed by atoms with E-state index in [1.54, 1.807) is 0 Å². The zero-order valence-electron chi connectivity index (χ0n) is 14.9. The quantitative estimate of drug-likeness (QED) is 0.337. The van der Waals surface area contributed by atoms with Crippen molar-refractivity contribution in [1.29, 1.82) is 0 Å². The van der Waals surface area contributed by atoms with Crippen LogP contribution in [0.4, 0.5) is 0 Å². The average Bonchev–Trinajstić information content (AvgIpc) is 2.89. The zero-order valence-corrected chi connectivity index (χ0v) is 16.5. The fourth-order valence-corrected chi connectivity index (χ4v) is 3.73. The molecule has 1 heterocycles. The highest BCUT2D eigenvalue weighted by atomic mass is 79.9. The maximum atomic E-state index is 13.1. The maximum Gasteiger partial charge on any atom is 0.169 e. The number of nitrogens with zero attached hydrogens (tertiary/aromatic N) is 1. The number of Topliss-reactive ketones (excluding diaryl/α,β-unsaturated/α-hetero) is 1. The number of benzene rings is 2. The molecule has 0 spiro atoms. The molecule has 0 aliphatic rings. The minimum atomic E-state index is 0.199. The van der Waals surface area contributed by atoms with Crippen molar-refractivity contribution in [2.45, 2.75) is 46.1 Å². The highest BCUT2D eigenvalue weighted by Crippen LogP contribution is 2.28. The number of fused-ring (bicyclic) bond motifs is 1. The van der Waals surface area contributed by atoms with Crippen LogP contribution in [-0.2, 0) is 13.0 Å². The van der Waals surface area contributed by atoms with Crippen LogP contribution >= 0.6 is 15.9 Å². The highest BCUT2D eigenvalue weighted by molar-refractivity contribution is 9.10. The van der Waals surface area contributed by atoms with Gasteiger partial charge in [-0.1, -0.05) is 66.0 Å². The van der Waals surface area contributed by atoms with E-state index in [1.165, 1.54) is 18.4 Å². The second-order valence-electron chi connectivity index (χ2n) is 6.56. The molecule has 25 heavy (non-hydrogen) atoms. The fraction of sp³-hybridized carbons (Fsp3) is 0.318. The third-order valence-electron chi connectivity index (χ3n) is 4.77. The van der Waals surface area contributed by atoms with Crippen LogP contribution in [0.2, 0.25) is 0 Å². The van der Waals surface area contributed by atoms with Crippen molar-refractivity contribution in [3.05, 3.63) is 69.8 Å². The summed E-state index contributed by atoms with van der Waals surface area (Å²) in [6, 6.07) is 16.3. The fourth-order valence-electron chi connectivity index (χ4n) is 3.47. The molecule has 3 heteroatoms. The van der Waals surface area contributed by atoms with Gasteiger partial charge < -0.3 is 4.57 Å². The Balaban J connectivity index is 1.96. The summed E-state index contributed by atoms with van der Waals surface area (Å²) in [5.41, 5.74) is 4.21. The molecule has 0 N–H and O–H groups in total. The first-order chi connectivity index (χ1) is 12.1. The summed E-state index contributed by atoms with van der Waals surface area (Å²) >= 11 is 3.45. The number of halogens is 1. The van der Waals surface area contributed by atoms with Crippen molar-refractivity contribution in [1.82, 2.24) is 4.57 Å². The van der Waals surface area contributed by atoms with E-state index in [2.05, 4.69) is 52.5 Å². The van der Waals surface area contributed by atoms with E-state index < -0.39 is 0 Å². The van der Waals surface area contributed by atoms with E-state index in [9.17, 15) is 4.79 Å². The molecular formula is C22H24BrNO. The first-order valence-corrected chi connectivity index (χ1v) is 9.76. The predicted molar refractivity (Wildman–Crippen MR) is 108 cm³/mol. The molecule has 0 saturated carbocycles. The van der Waals surface area contributed by atoms with Gasteiger partial charge in [-0.2, -0.15) is 0 Å². The minimum absolute atomic E-state index is 0.199. The van der Waals surface area contributed by atoms with Gasteiger partial charge >= 0.3 is 0 Å². The number of ketones is 1. The van der Waals surface area contributed by atoms with Gasteiger partial charge in [-0.05, 0) is 37.1 Å². The van der Waals surface area contributed by atoms with E-state index in [1.807, 2.05) is 30.3 Å². The van der Waals surface area contributed by atoms with E-state index in [4.69, 9.17) is 0 Å². The Hall–Kier alpha value is -1.87. The third-order valence-corrected chi connectivity index (χ3v) is 5.30. The Labute approximate surface area is 158 Å². The molecule has 130 valence electrons. The van der Waals surface area contributed by atoms with Crippen LogP contribution in [0.1, 0.15) is 47.8 Å². The van der Waals surface area contributed by atoms with Crippen molar-refractivity contribution in [2.24, 2.45) is 0 Å². The van der Waals surface area contributed by atoms with Crippen molar-refractivity contribution in [3.8, 4) is 0 Å². The lowest BCUT2D eigenvalue weighted by atomic mass is 10.0. The lowest BCUT2D eigenvalue weighted by Gasteiger charge is -2.08. The molecule has 2 aromatic carbocycles. The Bertz CT molecular complexity index is 877. The molecule has 3 aromatic rings. The van der Waals surface area contributed by atoms with E-state index in [-0.39, 0.29) is 5.78 Å². The molecule has 0 aliphatic carbocycles. The molecule has 0 aliphatic heterocycles. The van der Waals surface area contributed by atoms with Crippen molar-refractivity contribution >= 4 is 32.6 Å². The lowest BCUT2D eigenvalue weighted by Crippen LogP contribution is -2.07. The molecule has 0 atom stereocenters. The first-order valence-electron chi connectivity index (χ1n) is 8.97. The third kappa shape index (κ3) is 3.87. The molecule has 0 radical (unpaired) electrons. The first kappa shape index (κ1) is 17.9. The Morgan fingerprint density at radius 2 is 1.76 bits per heavy atom. The van der Waals surface area contributed by atoms with Crippen LogP contribution in [0.3, 0.4) is 0 Å². The smallest absolute Gasteiger partial charge is 0.169 e. The maximum absolute atomic E-state index is 13.1. The number of carbonyl (C=O) groups is 1. The van der Waals surface area contributed by atoms with Crippen LogP contribution in [0.25, 0.3) is 10.9 Å². The van der Waals surface area contributed by atoms with Crippen molar-refractivity contribution < 1.29 is 4.79 Å². The minimum Gasteiger partial charge on any atom is -0.344 e. The molecular weight excluding hydrogens is 374 g/mol. The predicted octanol–water partition coefficient (Wildman–Crippen LogP) is 6.33. The Morgan fingerprint density at radius 3 is 2.48 bits per heavy atom. The molecule has 0 fully saturated rings. The monoisotopic (exact) mass is 397 g/mol. The van der Waals surface area contributed by atoms with Gasteiger partial charge in [0.2, 0.25) is 0 Å². The van der Waals surface area contributed by atoms with Gasteiger partial charge in [0.05, 0.1) is 0 Å². The molecule has 0 saturated heterocycles. The van der Waals surface area contributed by atoms with E-state index in [0.29, 0.717) is 6.42 Å². The largest absolute Gasteiger partial charge is 0.344 e. The van der Waals surface area contributed by atoms with Gasteiger partial charge in [0.25, 0.3) is 0 Å². The Morgan fingerprint density at radius 1 is 1.04 bits per heavy atom. The van der Waals surface area contributed by atoms with Gasteiger partial charge in [-0.15, -0.1) is 0 Å². The number of hydrogen-bond donors (Lipinski definition) is 0. The molecule has 3 rings (SSSR count). The Kier molecular flexibility index (Phi) is 5.74. The highest BCUT2D eigenvalue weighted by Gasteiger charge is 2.19. The van der Waals surface area contributed by atoms with Crippen LogP contribution < -0.4 is 0 Å². The topological polar surface area (TPSA) is 22.0 Å². The van der Waals surface area contributed by atoms with E-state index in [0.717, 1.165) is 39.6 Å². The number of carbonyl (C=O) groups excluding carboxylic acids is 1. The van der Waals surface area contributed by atoms with Crippen LogP contribution in [0.15, 0.2) is 53.0 Å².